The van der Waals surface area contributed by atoms with E-state index >= 15 is 0 Å². The fraction of sp³-hybridized carbons (Fsp3) is 0.355. The van der Waals surface area contributed by atoms with E-state index in [2.05, 4.69) is 5.32 Å². The molecule has 0 aliphatic carbocycles. The number of aryl methyl sites for hydroxylation is 1. The van der Waals surface area contributed by atoms with Crippen LogP contribution in [0.2, 0.25) is 0 Å². The minimum Gasteiger partial charge on any atom is -0.497 e. The van der Waals surface area contributed by atoms with E-state index in [0.29, 0.717) is 24.4 Å². The Balaban J connectivity index is 2.02. The third-order valence-electron chi connectivity index (χ3n) is 6.63. The summed E-state index contributed by atoms with van der Waals surface area (Å²) in [7, 11) is -2.52. The third kappa shape index (κ3) is 7.85. The van der Waals surface area contributed by atoms with Crippen LogP contribution in [-0.4, -0.2) is 51.4 Å². The number of anilines is 1. The summed E-state index contributed by atoms with van der Waals surface area (Å²) in [5.74, 6) is -0.126. The van der Waals surface area contributed by atoms with Crippen molar-refractivity contribution < 1.29 is 22.7 Å². The van der Waals surface area contributed by atoms with E-state index in [0.717, 1.165) is 28.3 Å². The molecule has 0 fully saturated rings. The summed E-state index contributed by atoms with van der Waals surface area (Å²) < 4.78 is 34.1. The van der Waals surface area contributed by atoms with Gasteiger partial charge in [-0.25, -0.2) is 8.42 Å². The van der Waals surface area contributed by atoms with Crippen LogP contribution in [0.5, 0.6) is 5.75 Å². The summed E-state index contributed by atoms with van der Waals surface area (Å²) in [4.78, 5) is 28.9. The first-order chi connectivity index (χ1) is 19.2. The molecule has 3 aromatic rings. The molecule has 1 unspecified atom stereocenters. The van der Waals surface area contributed by atoms with Crippen molar-refractivity contribution in [2.24, 2.45) is 0 Å². The number of methoxy groups -OCH3 is 1. The van der Waals surface area contributed by atoms with Crippen molar-refractivity contribution in [1.29, 1.82) is 0 Å². The Morgan fingerprint density at radius 3 is 2.27 bits per heavy atom. The lowest BCUT2D eigenvalue weighted by Gasteiger charge is -2.33. The number of sulfonamides is 1. The number of hydrogen-bond donors (Lipinski definition) is 1. The Labute approximate surface area is 238 Å². The molecule has 0 spiro atoms. The van der Waals surface area contributed by atoms with Gasteiger partial charge in [-0.1, -0.05) is 68.3 Å². The van der Waals surface area contributed by atoms with Crippen molar-refractivity contribution >= 4 is 27.5 Å². The number of benzene rings is 3. The molecule has 2 amide bonds. The van der Waals surface area contributed by atoms with Gasteiger partial charge < -0.3 is 15.0 Å². The van der Waals surface area contributed by atoms with Crippen LogP contribution >= 0.6 is 0 Å². The molecule has 1 atom stereocenters. The predicted molar refractivity (Wildman–Crippen MR) is 158 cm³/mol. The fourth-order valence-corrected chi connectivity index (χ4v) is 5.79. The van der Waals surface area contributed by atoms with Crippen molar-refractivity contribution in [2.45, 2.75) is 57.5 Å². The van der Waals surface area contributed by atoms with Gasteiger partial charge in [0.05, 0.1) is 17.7 Å². The van der Waals surface area contributed by atoms with Gasteiger partial charge in [0.15, 0.2) is 0 Å². The van der Waals surface area contributed by atoms with E-state index in [1.54, 1.807) is 61.7 Å². The van der Waals surface area contributed by atoms with E-state index < -0.39 is 28.5 Å². The van der Waals surface area contributed by atoms with Gasteiger partial charge >= 0.3 is 0 Å². The Kier molecular flexibility index (Phi) is 11.1. The van der Waals surface area contributed by atoms with Gasteiger partial charge in [0.25, 0.3) is 10.0 Å². The highest BCUT2D eigenvalue weighted by molar-refractivity contribution is 7.92. The Morgan fingerprint density at radius 2 is 1.65 bits per heavy atom. The van der Waals surface area contributed by atoms with E-state index in [1.165, 1.54) is 17.0 Å². The van der Waals surface area contributed by atoms with E-state index in [-0.39, 0.29) is 17.3 Å². The highest BCUT2D eigenvalue weighted by Gasteiger charge is 2.33. The molecular formula is C31H39N3O5S. The molecule has 3 rings (SSSR count). The van der Waals surface area contributed by atoms with Gasteiger partial charge in [-0.15, -0.1) is 0 Å². The lowest BCUT2D eigenvalue weighted by molar-refractivity contribution is -0.140. The molecule has 0 heterocycles. The molecule has 0 saturated heterocycles. The van der Waals surface area contributed by atoms with Gasteiger partial charge in [0, 0.05) is 13.1 Å². The van der Waals surface area contributed by atoms with Crippen molar-refractivity contribution in [2.75, 3.05) is 24.5 Å². The molecule has 0 aliphatic rings. The topological polar surface area (TPSA) is 96.0 Å². The van der Waals surface area contributed by atoms with Gasteiger partial charge in [-0.3, -0.25) is 13.9 Å². The van der Waals surface area contributed by atoms with Crippen molar-refractivity contribution in [3.8, 4) is 5.75 Å². The zero-order chi connectivity index (χ0) is 29.1. The van der Waals surface area contributed by atoms with Crippen LogP contribution in [0, 0.1) is 6.92 Å². The number of unbranched alkanes of at least 4 members (excludes halogenated alkanes) is 1. The van der Waals surface area contributed by atoms with Crippen molar-refractivity contribution in [3.05, 3.63) is 90.0 Å². The molecule has 0 radical (unpaired) electrons. The normalized spacial score (nSPS) is 11.9. The van der Waals surface area contributed by atoms with Crippen LogP contribution in [0.15, 0.2) is 83.8 Å². The number of amides is 2. The van der Waals surface area contributed by atoms with Crippen molar-refractivity contribution in [3.63, 3.8) is 0 Å². The predicted octanol–water partition coefficient (Wildman–Crippen LogP) is 4.92. The first-order valence-electron chi connectivity index (χ1n) is 13.6. The van der Waals surface area contributed by atoms with E-state index in [4.69, 9.17) is 4.74 Å². The number of nitrogens with zero attached hydrogens (tertiary/aromatic N) is 2. The van der Waals surface area contributed by atoms with Crippen LogP contribution in [0.1, 0.15) is 44.2 Å². The molecule has 40 heavy (non-hydrogen) atoms. The lowest BCUT2D eigenvalue weighted by atomic mass is 10.1. The molecule has 1 N–H and O–H groups in total. The number of hydrogen-bond acceptors (Lipinski definition) is 5. The summed E-state index contributed by atoms with van der Waals surface area (Å²) in [6.07, 6.45) is 2.11. The second-order valence-corrected chi connectivity index (χ2v) is 11.5. The molecule has 8 nitrogen and oxygen atoms in total. The lowest BCUT2D eigenvalue weighted by Crippen LogP contribution is -2.52. The van der Waals surface area contributed by atoms with Crippen LogP contribution < -0.4 is 14.4 Å². The van der Waals surface area contributed by atoms with Crippen LogP contribution in [0.25, 0.3) is 0 Å². The SMILES string of the molecule is CCCCNC(=O)C(CC)N(Cc1cccc(OC)c1)C(=O)CN(c1ccc(C)cc1)S(=O)(=O)c1ccccc1. The number of ether oxygens (including phenoxy) is 1. The smallest absolute Gasteiger partial charge is 0.264 e. The monoisotopic (exact) mass is 565 g/mol. The maximum Gasteiger partial charge on any atom is 0.264 e. The third-order valence-corrected chi connectivity index (χ3v) is 8.42. The molecule has 0 aliphatic heterocycles. The molecule has 0 bridgehead atoms. The van der Waals surface area contributed by atoms with Crippen LogP contribution in [-0.2, 0) is 26.2 Å². The molecule has 214 valence electrons. The average Bonchev–Trinajstić information content (AvgIpc) is 2.97. The molecular weight excluding hydrogens is 526 g/mol. The number of carbonyl (C=O) groups excluding carboxylic acids is 2. The second kappa shape index (κ2) is 14.5. The van der Waals surface area contributed by atoms with E-state index in [9.17, 15) is 18.0 Å². The Hall–Kier alpha value is -3.85. The first-order valence-corrected chi connectivity index (χ1v) is 15.0. The van der Waals surface area contributed by atoms with Gasteiger partial charge in [-0.2, -0.15) is 0 Å². The van der Waals surface area contributed by atoms with Crippen LogP contribution in [0.4, 0.5) is 5.69 Å². The zero-order valence-electron chi connectivity index (χ0n) is 23.7. The summed E-state index contributed by atoms with van der Waals surface area (Å²) in [5.41, 5.74) is 2.09. The summed E-state index contributed by atoms with van der Waals surface area (Å²) in [5, 5.41) is 2.94. The minimum absolute atomic E-state index is 0.0760. The Bertz CT molecular complexity index is 1360. The fourth-order valence-electron chi connectivity index (χ4n) is 4.35. The summed E-state index contributed by atoms with van der Waals surface area (Å²) in [6.45, 7) is 5.93. The Morgan fingerprint density at radius 1 is 0.950 bits per heavy atom. The quantitative estimate of drug-likeness (QED) is 0.280. The number of nitrogens with one attached hydrogen (secondary N) is 1. The zero-order valence-corrected chi connectivity index (χ0v) is 24.5. The molecule has 0 saturated carbocycles. The number of carbonyl (C=O) groups is 2. The first kappa shape index (κ1) is 30.7. The number of rotatable bonds is 14. The largest absolute Gasteiger partial charge is 0.497 e. The maximum absolute atomic E-state index is 14.1. The molecule has 3 aromatic carbocycles. The minimum atomic E-state index is -4.08. The summed E-state index contributed by atoms with van der Waals surface area (Å²) >= 11 is 0. The highest BCUT2D eigenvalue weighted by atomic mass is 32.2. The maximum atomic E-state index is 14.1. The van der Waals surface area contributed by atoms with Gasteiger partial charge in [0.2, 0.25) is 11.8 Å². The summed E-state index contributed by atoms with van der Waals surface area (Å²) in [6, 6.07) is 21.5. The van der Waals surface area contributed by atoms with Gasteiger partial charge in [-0.05, 0) is 61.7 Å². The second-order valence-electron chi connectivity index (χ2n) is 9.60. The average molecular weight is 566 g/mol. The molecule has 0 aromatic heterocycles. The highest BCUT2D eigenvalue weighted by Crippen LogP contribution is 2.25. The van der Waals surface area contributed by atoms with Crippen LogP contribution in [0.3, 0.4) is 0 Å². The van der Waals surface area contributed by atoms with Gasteiger partial charge in [0.1, 0.15) is 18.3 Å². The van der Waals surface area contributed by atoms with Crippen molar-refractivity contribution in [1.82, 2.24) is 10.2 Å². The standard InChI is InChI=1S/C31H39N3O5S/c1-5-7-20-32-31(36)29(6-2)33(22-25-12-11-13-27(21-25)39-4)30(35)23-34(26-18-16-24(3)17-19-26)40(37,38)28-14-9-8-10-15-28/h8-19,21,29H,5-7,20,22-23H2,1-4H3,(H,32,36). The van der Waals surface area contributed by atoms with E-state index in [1.807, 2.05) is 32.9 Å². The molecule has 9 heteroatoms.